The van der Waals surface area contributed by atoms with Crippen LogP contribution in [0.3, 0.4) is 0 Å². The van der Waals surface area contributed by atoms with Gasteiger partial charge in [-0.2, -0.15) is 0 Å². The maximum atomic E-state index is 13.2. The van der Waals surface area contributed by atoms with Crippen LogP contribution < -0.4 is 15.2 Å². The summed E-state index contributed by atoms with van der Waals surface area (Å²) in [6.07, 6.45) is 1.88. The van der Waals surface area contributed by atoms with Crippen molar-refractivity contribution >= 4 is 15.7 Å². The van der Waals surface area contributed by atoms with Gasteiger partial charge < -0.3 is 20.3 Å². The summed E-state index contributed by atoms with van der Waals surface area (Å²) >= 11 is 0. The van der Waals surface area contributed by atoms with Crippen LogP contribution in [0, 0.1) is 5.82 Å². The van der Waals surface area contributed by atoms with Crippen LogP contribution in [0.1, 0.15) is 36.1 Å². The number of carbonyl (C=O) groups excluding carboxylic acids is 1. The van der Waals surface area contributed by atoms with E-state index in [1.807, 2.05) is 13.0 Å². The van der Waals surface area contributed by atoms with Gasteiger partial charge >= 0.3 is 0 Å². The molecule has 1 atom stereocenters. The summed E-state index contributed by atoms with van der Waals surface area (Å²) in [5.41, 5.74) is 7.83. The highest BCUT2D eigenvalue weighted by Crippen LogP contribution is 2.36. The van der Waals surface area contributed by atoms with E-state index in [9.17, 15) is 22.7 Å². The molecule has 0 spiro atoms. The lowest BCUT2D eigenvalue weighted by atomic mass is 10.00. The summed E-state index contributed by atoms with van der Waals surface area (Å²) in [7, 11) is -3.59. The molecule has 3 N–H and O–H groups in total. The predicted octanol–water partition coefficient (Wildman–Crippen LogP) is 4.57. The fourth-order valence-electron chi connectivity index (χ4n) is 3.86. The number of para-hydroxylation sites is 1. The molecule has 1 unspecified atom stereocenters. The minimum atomic E-state index is -3.59. The van der Waals surface area contributed by atoms with Gasteiger partial charge in [0.2, 0.25) is 5.91 Å². The van der Waals surface area contributed by atoms with Crippen LogP contribution in [0.15, 0.2) is 60.7 Å². The summed E-state index contributed by atoms with van der Waals surface area (Å²) < 4.78 is 49.5. The van der Waals surface area contributed by atoms with E-state index in [1.54, 1.807) is 42.5 Å². The maximum absolute atomic E-state index is 13.2. The van der Waals surface area contributed by atoms with Crippen molar-refractivity contribution in [1.82, 2.24) is 0 Å². The molecule has 0 radical (unpaired) electrons. The summed E-state index contributed by atoms with van der Waals surface area (Å²) in [4.78, 5) is 11.4. The van der Waals surface area contributed by atoms with Gasteiger partial charge in [0, 0.05) is 36.3 Å². The van der Waals surface area contributed by atoms with Crippen molar-refractivity contribution in [2.75, 3.05) is 19.5 Å². The molecule has 0 heterocycles. The lowest BCUT2D eigenvalue weighted by Crippen LogP contribution is -2.21. The summed E-state index contributed by atoms with van der Waals surface area (Å²) in [5, 5.41) is 9.43. The molecule has 3 rings (SSSR count). The van der Waals surface area contributed by atoms with Gasteiger partial charge in [0.25, 0.3) is 0 Å². The van der Waals surface area contributed by atoms with E-state index < -0.39 is 21.0 Å². The van der Waals surface area contributed by atoms with Crippen molar-refractivity contribution in [3.05, 3.63) is 77.6 Å². The smallest absolute Gasteiger partial charge is 0.219 e. The first-order chi connectivity index (χ1) is 17.1. The lowest BCUT2D eigenvalue weighted by Gasteiger charge is -2.18. The minimum Gasteiger partial charge on any atom is -0.507 e. The van der Waals surface area contributed by atoms with E-state index >= 15 is 0 Å². The molecule has 7 nitrogen and oxygen atoms in total. The first-order valence-corrected chi connectivity index (χ1v) is 13.5. The average Bonchev–Trinajstić information content (AvgIpc) is 2.83. The number of benzene rings is 3. The van der Waals surface area contributed by atoms with E-state index in [-0.39, 0.29) is 24.6 Å². The highest BCUT2D eigenvalue weighted by molar-refractivity contribution is 7.91. The number of hydrogen-bond donors (Lipinski definition) is 2. The Kier molecular flexibility index (Phi) is 8.93. The van der Waals surface area contributed by atoms with E-state index in [0.29, 0.717) is 47.6 Å². The first kappa shape index (κ1) is 27.0. The second kappa shape index (κ2) is 11.9. The van der Waals surface area contributed by atoms with Gasteiger partial charge in [-0.15, -0.1) is 0 Å². The van der Waals surface area contributed by atoms with E-state index in [2.05, 4.69) is 0 Å². The van der Waals surface area contributed by atoms with Gasteiger partial charge in [-0.25, -0.2) is 12.8 Å². The Bertz CT molecular complexity index is 1310. The van der Waals surface area contributed by atoms with Crippen molar-refractivity contribution in [1.29, 1.82) is 0 Å². The van der Waals surface area contributed by atoms with Crippen molar-refractivity contribution < 1.29 is 32.2 Å². The van der Waals surface area contributed by atoms with Crippen LogP contribution in [0.5, 0.6) is 17.2 Å². The number of amides is 1. The van der Waals surface area contributed by atoms with Crippen LogP contribution in [-0.2, 0) is 21.1 Å². The number of nitrogens with two attached hydrogens (primary N) is 1. The molecular formula is C27H30FNO6S. The summed E-state index contributed by atoms with van der Waals surface area (Å²) in [5.74, 6) is -0.127. The molecular weight excluding hydrogens is 485 g/mol. The zero-order chi connectivity index (χ0) is 26.3. The Morgan fingerprint density at radius 3 is 2.28 bits per heavy atom. The van der Waals surface area contributed by atoms with Crippen molar-refractivity contribution in [2.45, 2.75) is 31.4 Å². The van der Waals surface area contributed by atoms with Gasteiger partial charge in [0.05, 0.1) is 18.5 Å². The molecule has 3 aromatic carbocycles. The lowest BCUT2D eigenvalue weighted by molar-refractivity contribution is -0.118. The largest absolute Gasteiger partial charge is 0.507 e. The van der Waals surface area contributed by atoms with Crippen LogP contribution in [-0.4, -0.2) is 38.9 Å². The number of carbonyl (C=O) groups is 1. The van der Waals surface area contributed by atoms with E-state index in [1.165, 1.54) is 12.1 Å². The van der Waals surface area contributed by atoms with Gasteiger partial charge in [0.1, 0.15) is 23.1 Å². The molecule has 0 aliphatic rings. The van der Waals surface area contributed by atoms with Crippen LogP contribution >= 0.6 is 0 Å². The fourth-order valence-corrected chi connectivity index (χ4v) is 4.98. The van der Waals surface area contributed by atoms with Crippen molar-refractivity contribution in [2.24, 2.45) is 5.73 Å². The molecule has 1 amide bonds. The van der Waals surface area contributed by atoms with Crippen molar-refractivity contribution in [3.8, 4) is 28.4 Å². The molecule has 0 fully saturated rings. The molecule has 3 aromatic rings. The Hall–Kier alpha value is -3.59. The molecule has 0 aromatic heterocycles. The zero-order valence-corrected chi connectivity index (χ0v) is 21.1. The maximum Gasteiger partial charge on any atom is 0.219 e. The number of phenols is 1. The number of rotatable bonds is 12. The van der Waals surface area contributed by atoms with E-state index in [4.69, 9.17) is 15.2 Å². The summed E-state index contributed by atoms with van der Waals surface area (Å²) in [6, 6.07) is 15.9. The zero-order valence-electron chi connectivity index (χ0n) is 20.2. The molecule has 0 saturated carbocycles. The molecule has 0 aliphatic heterocycles. The number of phenolic OH excluding ortho intramolecular Hbond substituents is 1. The fraction of sp³-hybridized carbons (Fsp3) is 0.296. The van der Waals surface area contributed by atoms with E-state index in [0.717, 1.165) is 11.8 Å². The molecule has 0 bridgehead atoms. The molecule has 9 heteroatoms. The molecule has 36 heavy (non-hydrogen) atoms. The van der Waals surface area contributed by atoms with Crippen LogP contribution in [0.2, 0.25) is 0 Å². The Morgan fingerprint density at radius 2 is 1.67 bits per heavy atom. The van der Waals surface area contributed by atoms with Gasteiger partial charge in [0.15, 0.2) is 9.84 Å². The monoisotopic (exact) mass is 515 g/mol. The number of sulfone groups is 1. The average molecular weight is 516 g/mol. The van der Waals surface area contributed by atoms with Crippen LogP contribution in [0.25, 0.3) is 11.1 Å². The Balaban J connectivity index is 1.64. The second-order valence-electron chi connectivity index (χ2n) is 8.41. The van der Waals surface area contributed by atoms with Crippen molar-refractivity contribution in [3.63, 3.8) is 0 Å². The standard InChI is InChI=1S/C27H30FNO6S/c1-3-18-15-22(19-9-11-20(28)12-10-19)23(30)16-25(18)35-14-6-13-34-24-8-5-4-7-21(24)26(17-27(29)31)36(2,32)33/h4-5,7-12,15-16,26,30H,3,6,13-14,17H2,1-2H3,(H2,29,31). The van der Waals surface area contributed by atoms with Crippen LogP contribution in [0.4, 0.5) is 4.39 Å². The first-order valence-electron chi connectivity index (χ1n) is 11.5. The quantitative estimate of drug-likeness (QED) is 0.342. The number of aromatic hydroxyl groups is 1. The third-order valence-corrected chi connectivity index (χ3v) is 7.14. The number of aryl methyl sites for hydroxylation is 1. The molecule has 0 saturated heterocycles. The predicted molar refractivity (Wildman–Crippen MR) is 136 cm³/mol. The molecule has 0 aliphatic carbocycles. The SMILES string of the molecule is CCc1cc(-c2ccc(F)cc2)c(O)cc1OCCCOc1ccccc1C(CC(N)=O)S(C)(=O)=O. The van der Waals surface area contributed by atoms with Gasteiger partial charge in [-0.05, 0) is 41.8 Å². The van der Waals surface area contributed by atoms with Gasteiger partial charge in [-0.3, -0.25) is 4.79 Å². The number of primary amides is 1. The number of ether oxygens (including phenoxy) is 2. The number of halogens is 1. The normalized spacial score (nSPS) is 12.2. The molecule has 192 valence electrons. The summed E-state index contributed by atoms with van der Waals surface area (Å²) in [6.45, 7) is 2.50. The topological polar surface area (TPSA) is 116 Å². The third-order valence-electron chi connectivity index (χ3n) is 5.69. The Labute approximate surface area is 210 Å². The van der Waals surface area contributed by atoms with Gasteiger partial charge in [-0.1, -0.05) is 37.3 Å². The third kappa shape index (κ3) is 6.97. The number of hydrogen-bond acceptors (Lipinski definition) is 6. The second-order valence-corrected chi connectivity index (χ2v) is 10.6. The minimum absolute atomic E-state index is 0.0280. The highest BCUT2D eigenvalue weighted by atomic mass is 32.2. The Morgan fingerprint density at radius 1 is 1.03 bits per heavy atom. The highest BCUT2D eigenvalue weighted by Gasteiger charge is 2.27.